The van der Waals surface area contributed by atoms with E-state index >= 15 is 0 Å². The molecule has 0 N–H and O–H groups in total. The number of cyclic esters (lactones) is 1. The van der Waals surface area contributed by atoms with Gasteiger partial charge in [-0.3, -0.25) is 0 Å². The second kappa shape index (κ2) is 3.96. The van der Waals surface area contributed by atoms with Gasteiger partial charge in [0.25, 0.3) is 0 Å². The quantitative estimate of drug-likeness (QED) is 0.455. The van der Waals surface area contributed by atoms with Crippen LogP contribution in [0.3, 0.4) is 0 Å². The third-order valence-electron chi connectivity index (χ3n) is 1.55. The first kappa shape index (κ1) is 8.05. The van der Waals surface area contributed by atoms with Crippen molar-refractivity contribution in [3.63, 3.8) is 0 Å². The fraction of sp³-hybridized carbons (Fsp3) is 0.444. The van der Waals surface area contributed by atoms with Crippen molar-refractivity contribution in [2.75, 3.05) is 6.61 Å². The van der Waals surface area contributed by atoms with Gasteiger partial charge in [-0.15, -0.1) is 0 Å². The predicted molar refractivity (Wildman–Crippen MR) is 43.1 cm³/mol. The second-order valence-corrected chi connectivity index (χ2v) is 2.41. The molecule has 11 heavy (non-hydrogen) atoms. The van der Waals surface area contributed by atoms with Crippen molar-refractivity contribution in [3.8, 4) is 0 Å². The minimum absolute atomic E-state index is 0.161. The highest BCUT2D eigenvalue weighted by molar-refractivity contribution is 5.90. The van der Waals surface area contributed by atoms with Gasteiger partial charge in [-0.25, -0.2) is 4.79 Å². The summed E-state index contributed by atoms with van der Waals surface area (Å²) >= 11 is 0. The molecular formula is C9H12O2. The van der Waals surface area contributed by atoms with Crippen LogP contribution >= 0.6 is 0 Å². The Labute approximate surface area is 66.5 Å². The SMILES string of the molecule is CC/C=C\CC1=CCOC1=O. The molecule has 1 heterocycles. The van der Waals surface area contributed by atoms with E-state index in [1.807, 2.05) is 18.2 Å². The molecule has 0 aromatic carbocycles. The molecule has 1 rings (SSSR count). The molecule has 0 bridgehead atoms. The van der Waals surface area contributed by atoms with E-state index in [1.54, 1.807) is 0 Å². The van der Waals surface area contributed by atoms with Gasteiger partial charge in [-0.2, -0.15) is 0 Å². The largest absolute Gasteiger partial charge is 0.458 e. The number of hydrogen-bond donors (Lipinski definition) is 0. The topological polar surface area (TPSA) is 26.3 Å². The molecule has 0 fully saturated rings. The van der Waals surface area contributed by atoms with Gasteiger partial charge in [-0.1, -0.05) is 19.1 Å². The zero-order chi connectivity index (χ0) is 8.10. The van der Waals surface area contributed by atoms with E-state index in [4.69, 9.17) is 4.74 Å². The third-order valence-corrected chi connectivity index (χ3v) is 1.55. The molecular weight excluding hydrogens is 140 g/mol. The minimum atomic E-state index is -0.161. The van der Waals surface area contributed by atoms with Crippen LogP contribution in [0.2, 0.25) is 0 Å². The van der Waals surface area contributed by atoms with E-state index in [0.29, 0.717) is 13.0 Å². The number of allylic oxidation sites excluding steroid dienone is 2. The number of hydrogen-bond acceptors (Lipinski definition) is 2. The Morgan fingerprint density at radius 2 is 2.45 bits per heavy atom. The standard InChI is InChI=1S/C9H12O2/c1-2-3-4-5-8-6-7-11-9(8)10/h3-4,6H,2,5,7H2,1H3/b4-3-. The highest BCUT2D eigenvalue weighted by Gasteiger charge is 2.13. The molecule has 60 valence electrons. The highest BCUT2D eigenvalue weighted by atomic mass is 16.5. The molecule has 0 unspecified atom stereocenters. The van der Waals surface area contributed by atoms with E-state index in [-0.39, 0.29) is 5.97 Å². The average molecular weight is 152 g/mol. The first-order valence-electron chi connectivity index (χ1n) is 3.85. The van der Waals surface area contributed by atoms with E-state index in [1.165, 1.54) is 0 Å². The first-order valence-corrected chi connectivity index (χ1v) is 3.85. The molecule has 0 amide bonds. The molecule has 0 atom stereocenters. The molecule has 1 aliphatic rings. The van der Waals surface area contributed by atoms with Crippen LogP contribution in [0.5, 0.6) is 0 Å². The second-order valence-electron chi connectivity index (χ2n) is 2.41. The number of carbonyl (C=O) groups excluding carboxylic acids is 1. The average Bonchev–Trinajstić information content (AvgIpc) is 2.37. The van der Waals surface area contributed by atoms with Gasteiger partial charge in [0.05, 0.1) is 0 Å². The predicted octanol–water partition coefficient (Wildman–Crippen LogP) is 1.83. The summed E-state index contributed by atoms with van der Waals surface area (Å²) in [6.07, 6.45) is 7.61. The van der Waals surface area contributed by atoms with Crippen LogP contribution < -0.4 is 0 Å². The number of carbonyl (C=O) groups is 1. The first-order chi connectivity index (χ1) is 5.34. The van der Waals surface area contributed by atoms with Gasteiger partial charge in [-0.05, 0) is 18.9 Å². The monoisotopic (exact) mass is 152 g/mol. The fourth-order valence-electron chi connectivity index (χ4n) is 0.938. The van der Waals surface area contributed by atoms with Gasteiger partial charge in [0.15, 0.2) is 0 Å². The molecule has 0 aromatic rings. The van der Waals surface area contributed by atoms with Crippen molar-refractivity contribution < 1.29 is 9.53 Å². The summed E-state index contributed by atoms with van der Waals surface area (Å²) in [5.74, 6) is -0.161. The van der Waals surface area contributed by atoms with Crippen LogP contribution in [0, 0.1) is 0 Å². The third kappa shape index (κ3) is 2.22. The van der Waals surface area contributed by atoms with Crippen LogP contribution in [0.25, 0.3) is 0 Å². The maximum Gasteiger partial charge on any atom is 0.334 e. The zero-order valence-electron chi connectivity index (χ0n) is 6.67. The molecule has 0 saturated heterocycles. The summed E-state index contributed by atoms with van der Waals surface area (Å²) in [7, 11) is 0. The van der Waals surface area contributed by atoms with Crippen molar-refractivity contribution in [1.29, 1.82) is 0 Å². The molecule has 0 spiro atoms. The Bertz CT molecular complexity index is 202. The summed E-state index contributed by atoms with van der Waals surface area (Å²) in [5.41, 5.74) is 0.787. The van der Waals surface area contributed by atoms with Gasteiger partial charge >= 0.3 is 5.97 Å². The molecule has 1 aliphatic heterocycles. The van der Waals surface area contributed by atoms with Gasteiger partial charge in [0.2, 0.25) is 0 Å². The summed E-state index contributed by atoms with van der Waals surface area (Å²) in [5, 5.41) is 0. The summed E-state index contributed by atoms with van der Waals surface area (Å²) < 4.78 is 4.73. The Balaban J connectivity index is 2.37. The summed E-state index contributed by atoms with van der Waals surface area (Å²) in [6, 6.07) is 0. The lowest BCUT2D eigenvalue weighted by molar-refractivity contribution is -0.136. The van der Waals surface area contributed by atoms with Gasteiger partial charge in [0, 0.05) is 5.57 Å². The smallest absolute Gasteiger partial charge is 0.334 e. The zero-order valence-corrected chi connectivity index (χ0v) is 6.67. The lowest BCUT2D eigenvalue weighted by Gasteiger charge is -1.92. The van der Waals surface area contributed by atoms with Gasteiger partial charge in [0.1, 0.15) is 6.61 Å². The van der Waals surface area contributed by atoms with Crippen molar-refractivity contribution >= 4 is 5.97 Å². The molecule has 0 saturated carbocycles. The van der Waals surface area contributed by atoms with Crippen LogP contribution in [0.15, 0.2) is 23.8 Å². The molecule has 0 aromatic heterocycles. The number of ether oxygens (including phenoxy) is 1. The molecule has 2 heteroatoms. The highest BCUT2D eigenvalue weighted by Crippen LogP contribution is 2.11. The number of rotatable bonds is 3. The van der Waals surface area contributed by atoms with Crippen molar-refractivity contribution in [2.24, 2.45) is 0 Å². The van der Waals surface area contributed by atoms with E-state index in [2.05, 4.69) is 6.92 Å². The van der Waals surface area contributed by atoms with Crippen LogP contribution in [-0.2, 0) is 9.53 Å². The normalized spacial score (nSPS) is 17.2. The van der Waals surface area contributed by atoms with E-state index in [9.17, 15) is 4.79 Å². The minimum Gasteiger partial charge on any atom is -0.458 e. The Hall–Kier alpha value is -1.05. The van der Waals surface area contributed by atoms with Crippen LogP contribution in [0.4, 0.5) is 0 Å². The number of esters is 1. The maximum absolute atomic E-state index is 10.8. The Morgan fingerprint density at radius 3 is 3.00 bits per heavy atom. The van der Waals surface area contributed by atoms with Crippen LogP contribution in [-0.4, -0.2) is 12.6 Å². The summed E-state index contributed by atoms with van der Waals surface area (Å²) in [4.78, 5) is 10.8. The van der Waals surface area contributed by atoms with Crippen molar-refractivity contribution in [2.45, 2.75) is 19.8 Å². The lowest BCUT2D eigenvalue weighted by Crippen LogP contribution is -1.97. The summed E-state index contributed by atoms with van der Waals surface area (Å²) in [6.45, 7) is 2.52. The molecule has 2 nitrogen and oxygen atoms in total. The van der Waals surface area contributed by atoms with Crippen LogP contribution in [0.1, 0.15) is 19.8 Å². The van der Waals surface area contributed by atoms with E-state index < -0.39 is 0 Å². The molecule has 0 radical (unpaired) electrons. The van der Waals surface area contributed by atoms with E-state index in [0.717, 1.165) is 12.0 Å². The molecule has 0 aliphatic carbocycles. The van der Waals surface area contributed by atoms with Gasteiger partial charge < -0.3 is 4.74 Å². The maximum atomic E-state index is 10.8. The van der Waals surface area contributed by atoms with Crippen molar-refractivity contribution in [3.05, 3.63) is 23.8 Å². The van der Waals surface area contributed by atoms with Crippen molar-refractivity contribution in [1.82, 2.24) is 0 Å². The lowest BCUT2D eigenvalue weighted by atomic mass is 10.2. The Kier molecular flexibility index (Phi) is 2.90. The fourth-order valence-corrected chi connectivity index (χ4v) is 0.938. The Morgan fingerprint density at radius 1 is 1.64 bits per heavy atom.